The Morgan fingerprint density at radius 1 is 0.553 bits per heavy atom. The predicted octanol–water partition coefficient (Wildman–Crippen LogP) is 10.2. The van der Waals surface area contributed by atoms with Crippen LogP contribution in [0.15, 0.2) is 25.3 Å². The summed E-state index contributed by atoms with van der Waals surface area (Å²) >= 11 is 0. The lowest BCUT2D eigenvalue weighted by Gasteiger charge is -1.93. The average Bonchev–Trinajstić information content (AvgIpc) is 3.88. The molecule has 0 amide bonds. The van der Waals surface area contributed by atoms with Crippen LogP contribution in [0.3, 0.4) is 0 Å². The van der Waals surface area contributed by atoms with Crippen molar-refractivity contribution in [3.05, 3.63) is 25.3 Å². The third-order valence-electron chi connectivity index (χ3n) is 6.61. The maximum atomic E-state index is 9.00. The van der Waals surface area contributed by atoms with Gasteiger partial charge in [0.15, 0.2) is 0 Å². The van der Waals surface area contributed by atoms with Crippen LogP contribution < -0.4 is 5.96 Å². The van der Waals surface area contributed by atoms with Crippen molar-refractivity contribution in [2.45, 2.75) is 181 Å². The molecule has 2 rings (SSSR count). The summed E-state index contributed by atoms with van der Waals surface area (Å²) in [6.45, 7) is 18.8. The van der Waals surface area contributed by atoms with Gasteiger partial charge in [-0.15, -0.1) is 17.6 Å². The molecule has 2 fully saturated rings. The first-order chi connectivity index (χ1) is 18.6. The highest BCUT2D eigenvalue weighted by molar-refractivity contribution is 4.98. The molecule has 0 spiro atoms. The molecule has 3 N–H and O–H groups in total. The SMILES string of the molecule is C=CC1O[C@H]1CCCCC.C=CC1O[C@H]1CCCCO.CCCCCCCC.CCCCCCCC.NF. The van der Waals surface area contributed by atoms with Gasteiger partial charge in [-0.05, 0) is 25.7 Å². The molecule has 2 unspecified atom stereocenters. The highest BCUT2D eigenvalue weighted by Crippen LogP contribution is 2.28. The van der Waals surface area contributed by atoms with E-state index in [-0.39, 0.29) is 0 Å². The Bertz CT molecular complexity index is 398. The fourth-order valence-electron chi connectivity index (χ4n) is 3.95. The molecule has 0 aliphatic carbocycles. The van der Waals surface area contributed by atoms with Crippen molar-refractivity contribution in [1.82, 2.24) is 0 Å². The topological polar surface area (TPSA) is 71.3 Å². The Labute approximate surface area is 238 Å². The zero-order valence-electron chi connectivity index (χ0n) is 26.2. The van der Waals surface area contributed by atoms with Crippen LogP contribution in [0.25, 0.3) is 0 Å². The van der Waals surface area contributed by atoms with Gasteiger partial charge < -0.3 is 14.6 Å². The third-order valence-corrected chi connectivity index (χ3v) is 6.61. The van der Waals surface area contributed by atoms with Crippen molar-refractivity contribution in [2.24, 2.45) is 5.96 Å². The molecule has 2 heterocycles. The van der Waals surface area contributed by atoms with Gasteiger partial charge in [0.05, 0.1) is 12.2 Å². The van der Waals surface area contributed by atoms with Crippen molar-refractivity contribution < 1.29 is 19.1 Å². The molecule has 2 aliphatic rings. The monoisotopic (exact) mass is 546 g/mol. The molecule has 38 heavy (non-hydrogen) atoms. The zero-order valence-corrected chi connectivity index (χ0v) is 26.2. The summed E-state index contributed by atoms with van der Waals surface area (Å²) in [7, 11) is 0. The van der Waals surface area contributed by atoms with Gasteiger partial charge in [0.2, 0.25) is 0 Å². The maximum Gasteiger partial charge on any atom is 0.102 e. The number of rotatable bonds is 20. The van der Waals surface area contributed by atoms with E-state index >= 15 is 0 Å². The summed E-state index contributed by atoms with van der Waals surface area (Å²) in [6.07, 6.45) is 30.5. The number of epoxide rings is 2. The van der Waals surface area contributed by atoms with Gasteiger partial charge in [0.25, 0.3) is 0 Å². The fourth-order valence-corrected chi connectivity index (χ4v) is 3.95. The van der Waals surface area contributed by atoms with E-state index in [1.54, 1.807) is 0 Å². The average molecular weight is 546 g/mol. The van der Waals surface area contributed by atoms with Crippen LogP contribution in [0, 0.1) is 0 Å². The zero-order chi connectivity index (χ0) is 29.3. The molecule has 0 aromatic rings. The molecule has 2 aliphatic heterocycles. The Morgan fingerprint density at radius 3 is 1.08 bits per heavy atom. The van der Waals surface area contributed by atoms with Crippen LogP contribution in [-0.4, -0.2) is 36.1 Å². The van der Waals surface area contributed by atoms with E-state index in [1.807, 2.05) is 12.2 Å². The van der Waals surface area contributed by atoms with Crippen molar-refractivity contribution in [1.29, 1.82) is 0 Å². The maximum absolute atomic E-state index is 9.00. The Kier molecular flexibility index (Phi) is 39.8. The number of aliphatic hydroxyl groups excluding tert-OH is 1. The second-order valence-electron chi connectivity index (χ2n) is 10.3. The molecule has 0 aromatic heterocycles. The number of unbranched alkanes of at least 4 members (excludes halogenated alkanes) is 13. The van der Waals surface area contributed by atoms with Crippen molar-refractivity contribution in [3.8, 4) is 0 Å². The summed E-state index contributed by atoms with van der Waals surface area (Å²) in [6, 6.07) is 0. The minimum absolute atomic E-state index is 0.297. The normalized spacial score (nSPS) is 20.1. The lowest BCUT2D eigenvalue weighted by atomic mass is 10.1. The molecular weight excluding hydrogens is 477 g/mol. The van der Waals surface area contributed by atoms with E-state index in [9.17, 15) is 0 Å². The second kappa shape index (κ2) is 36.2. The summed E-state index contributed by atoms with van der Waals surface area (Å²) in [5, 5.41) is 8.46. The largest absolute Gasteiger partial charge is 0.396 e. The van der Waals surface area contributed by atoms with E-state index in [4.69, 9.17) is 19.1 Å². The molecule has 0 bridgehead atoms. The number of halogens is 1. The van der Waals surface area contributed by atoms with E-state index in [2.05, 4.69) is 53.7 Å². The van der Waals surface area contributed by atoms with Crippen LogP contribution in [-0.2, 0) is 9.47 Å². The van der Waals surface area contributed by atoms with Crippen molar-refractivity contribution >= 4 is 0 Å². The molecule has 4 atom stereocenters. The van der Waals surface area contributed by atoms with Gasteiger partial charge in [-0.1, -0.05) is 143 Å². The van der Waals surface area contributed by atoms with E-state index in [0.717, 1.165) is 19.3 Å². The van der Waals surface area contributed by atoms with E-state index in [0.29, 0.717) is 31.0 Å². The summed E-state index contributed by atoms with van der Waals surface area (Å²) in [4.78, 5) is 0. The molecular formula is C33H68FNO3. The fraction of sp³-hybridized carbons (Fsp3) is 0.879. The predicted molar refractivity (Wildman–Crippen MR) is 166 cm³/mol. The summed E-state index contributed by atoms with van der Waals surface area (Å²) in [5.41, 5.74) is 0. The van der Waals surface area contributed by atoms with Crippen LogP contribution in [0.5, 0.6) is 0 Å². The van der Waals surface area contributed by atoms with Gasteiger partial charge in [-0.3, -0.25) is 0 Å². The Morgan fingerprint density at radius 2 is 0.842 bits per heavy atom. The number of hydrogen-bond donors (Lipinski definition) is 2. The van der Waals surface area contributed by atoms with Gasteiger partial charge in [-0.2, -0.15) is 5.96 Å². The lowest BCUT2D eigenvalue weighted by molar-refractivity contribution is 0.278. The van der Waals surface area contributed by atoms with Crippen molar-refractivity contribution in [2.75, 3.05) is 6.61 Å². The molecule has 230 valence electrons. The minimum atomic E-state index is 0.297. The molecule has 0 radical (unpaired) electrons. The number of ether oxygens (including phenoxy) is 2. The highest BCUT2D eigenvalue weighted by Gasteiger charge is 2.35. The van der Waals surface area contributed by atoms with E-state index < -0.39 is 0 Å². The van der Waals surface area contributed by atoms with Crippen LogP contribution in [0.4, 0.5) is 4.48 Å². The van der Waals surface area contributed by atoms with Crippen LogP contribution in [0.1, 0.15) is 157 Å². The molecule has 0 aromatic carbocycles. The third kappa shape index (κ3) is 33.3. The second-order valence-corrected chi connectivity index (χ2v) is 10.3. The molecule has 4 nitrogen and oxygen atoms in total. The van der Waals surface area contributed by atoms with Crippen LogP contribution in [0.2, 0.25) is 0 Å². The number of aliphatic hydroxyl groups is 1. The first-order valence-corrected chi connectivity index (χ1v) is 16.0. The lowest BCUT2D eigenvalue weighted by Crippen LogP contribution is -1.91. The van der Waals surface area contributed by atoms with Crippen LogP contribution >= 0.6 is 0 Å². The smallest absolute Gasteiger partial charge is 0.102 e. The van der Waals surface area contributed by atoms with Gasteiger partial charge in [0, 0.05) is 6.61 Å². The summed E-state index contributed by atoms with van der Waals surface area (Å²) < 4.78 is 19.5. The molecule has 0 saturated carbocycles. The minimum Gasteiger partial charge on any atom is -0.396 e. The summed E-state index contributed by atoms with van der Waals surface area (Å²) in [5.74, 6) is 3.00. The highest BCUT2D eigenvalue weighted by atomic mass is 19.2. The first-order valence-electron chi connectivity index (χ1n) is 16.0. The Hall–Kier alpha value is -0.750. The Balaban J connectivity index is -0.000000423. The van der Waals surface area contributed by atoms with Crippen molar-refractivity contribution in [3.63, 3.8) is 0 Å². The number of hydrogen-bond acceptors (Lipinski definition) is 4. The van der Waals surface area contributed by atoms with Gasteiger partial charge >= 0.3 is 0 Å². The first kappa shape index (κ1) is 41.7. The standard InChI is InChI=1S/C9H16O.C8H14O2.2C8H18.FH2N/c1-3-5-6-7-9-8(4-2)10-9;1-2-7-8(10-7)5-3-4-6-9;2*1-3-5-7-8-6-4-2;1-2/h4,8-9H,2-3,5-7H2,1H3;2,7-9H,1,3-6H2;2*3-8H2,1-2H3;2H2/t8?,9-;7?,8-;;;/m00.../s1. The quantitative estimate of drug-likeness (QED) is 0.0691. The van der Waals surface area contributed by atoms with Gasteiger partial charge in [0.1, 0.15) is 12.2 Å². The van der Waals surface area contributed by atoms with Gasteiger partial charge in [-0.25, -0.2) is 0 Å². The number of nitrogens with two attached hydrogens (primary N) is 1. The molecule has 2 saturated heterocycles. The molecule has 5 heteroatoms. The van der Waals surface area contributed by atoms with E-state index in [1.165, 1.54) is 103 Å².